The Morgan fingerprint density at radius 3 is 2.73 bits per heavy atom. The van der Waals surface area contributed by atoms with Crippen molar-refractivity contribution in [3.63, 3.8) is 0 Å². The number of pyridine rings is 1. The van der Waals surface area contributed by atoms with Gasteiger partial charge in [0.05, 0.1) is 12.0 Å². The normalized spacial score (nSPS) is 17.6. The van der Waals surface area contributed by atoms with E-state index >= 15 is 0 Å². The maximum atomic E-state index is 14.0. The lowest BCUT2D eigenvalue weighted by molar-refractivity contribution is -0.121. The number of hydrogen-bond acceptors (Lipinski definition) is 7. The summed E-state index contributed by atoms with van der Waals surface area (Å²) in [4.78, 5) is 45.2. The number of thiazole rings is 1. The monoisotopic (exact) mass is 587 g/mol. The number of amides is 2. The van der Waals surface area contributed by atoms with Gasteiger partial charge in [-0.15, -0.1) is 11.3 Å². The number of carbonyl (C=O) groups is 2. The van der Waals surface area contributed by atoms with E-state index in [1.165, 1.54) is 24.2 Å². The van der Waals surface area contributed by atoms with Crippen molar-refractivity contribution in [3.8, 4) is 11.1 Å². The number of anilines is 2. The molecular weight excluding hydrogens is 558 g/mol. The van der Waals surface area contributed by atoms with Crippen molar-refractivity contribution in [3.05, 3.63) is 75.9 Å². The lowest BCUT2D eigenvalue weighted by atomic mass is 9.99. The van der Waals surface area contributed by atoms with E-state index < -0.39 is 6.04 Å². The minimum Gasteiger partial charge on any atom is -0.357 e. The molecule has 4 aromatic rings. The number of benzene rings is 1. The number of fused-ring (bicyclic) bond motifs is 2. The third-order valence-corrected chi connectivity index (χ3v) is 9.50. The van der Waals surface area contributed by atoms with Crippen LogP contribution in [0.25, 0.3) is 11.1 Å². The van der Waals surface area contributed by atoms with Crippen LogP contribution in [0, 0.1) is 5.92 Å². The molecule has 1 fully saturated rings. The highest BCUT2D eigenvalue weighted by Crippen LogP contribution is 2.39. The van der Waals surface area contributed by atoms with Crippen LogP contribution in [0.15, 0.2) is 48.4 Å². The van der Waals surface area contributed by atoms with E-state index in [1.807, 2.05) is 30.5 Å². The van der Waals surface area contributed by atoms with Crippen molar-refractivity contribution < 1.29 is 9.59 Å². The molecule has 1 unspecified atom stereocenters. The molecule has 210 valence electrons. The Balaban J connectivity index is 1.19. The van der Waals surface area contributed by atoms with Gasteiger partial charge in [0.1, 0.15) is 5.82 Å². The lowest BCUT2D eigenvalue weighted by Crippen LogP contribution is -2.38. The Morgan fingerprint density at radius 2 is 1.98 bits per heavy atom. The van der Waals surface area contributed by atoms with Gasteiger partial charge in [-0.3, -0.25) is 14.9 Å². The molecule has 0 radical (unpaired) electrons. The zero-order valence-corrected chi connectivity index (χ0v) is 24.3. The van der Waals surface area contributed by atoms with E-state index in [9.17, 15) is 9.59 Å². The van der Waals surface area contributed by atoms with Gasteiger partial charge < -0.3 is 14.4 Å². The van der Waals surface area contributed by atoms with Crippen LogP contribution in [-0.2, 0) is 24.3 Å². The first-order valence-electron chi connectivity index (χ1n) is 14.1. The quantitative estimate of drug-likeness (QED) is 0.317. The molecule has 6 heterocycles. The third-order valence-electron chi connectivity index (χ3n) is 8.48. The number of aromatic nitrogens is 4. The molecule has 2 amide bonds. The van der Waals surface area contributed by atoms with Gasteiger partial charge in [0.25, 0.3) is 11.8 Å². The maximum absolute atomic E-state index is 14.0. The summed E-state index contributed by atoms with van der Waals surface area (Å²) in [5.41, 5.74) is 4.54. The summed E-state index contributed by atoms with van der Waals surface area (Å²) < 4.78 is 2.07. The molecule has 0 aliphatic carbocycles. The van der Waals surface area contributed by atoms with Crippen LogP contribution in [0.2, 0.25) is 5.02 Å². The number of halogens is 1. The molecule has 41 heavy (non-hydrogen) atoms. The Kier molecular flexibility index (Phi) is 6.75. The Bertz CT molecular complexity index is 1610. The summed E-state index contributed by atoms with van der Waals surface area (Å²) in [5.74, 6) is 1.15. The molecule has 3 aromatic heterocycles. The number of imidazole rings is 1. The third kappa shape index (κ3) is 4.78. The number of piperidine rings is 1. The second-order valence-corrected chi connectivity index (χ2v) is 12.4. The van der Waals surface area contributed by atoms with Gasteiger partial charge in [0.15, 0.2) is 11.2 Å². The highest BCUT2D eigenvalue weighted by Gasteiger charge is 2.41. The molecule has 0 spiro atoms. The van der Waals surface area contributed by atoms with Gasteiger partial charge >= 0.3 is 0 Å². The first-order chi connectivity index (χ1) is 20.0. The number of carbonyl (C=O) groups excluding carboxylic acids is 2. The molecule has 3 aliphatic heterocycles. The molecule has 0 bridgehead atoms. The van der Waals surface area contributed by atoms with Crippen molar-refractivity contribution in [2.75, 3.05) is 23.3 Å². The summed E-state index contributed by atoms with van der Waals surface area (Å²) in [6.45, 7) is 5.40. The van der Waals surface area contributed by atoms with Crippen molar-refractivity contribution in [2.24, 2.45) is 5.92 Å². The summed E-state index contributed by atoms with van der Waals surface area (Å²) >= 11 is 8.14. The summed E-state index contributed by atoms with van der Waals surface area (Å²) in [6, 6.07) is 6.93. The largest absolute Gasteiger partial charge is 0.357 e. The minimum absolute atomic E-state index is 0.222. The van der Waals surface area contributed by atoms with Crippen LogP contribution >= 0.6 is 22.9 Å². The van der Waals surface area contributed by atoms with Crippen LogP contribution in [0.4, 0.5) is 10.9 Å². The zero-order valence-electron chi connectivity index (χ0n) is 22.7. The number of hydrogen-bond donors (Lipinski definition) is 1. The van der Waals surface area contributed by atoms with Crippen molar-refractivity contribution >= 4 is 45.7 Å². The fourth-order valence-electron chi connectivity index (χ4n) is 6.15. The van der Waals surface area contributed by atoms with Gasteiger partial charge in [-0.05, 0) is 61.4 Å². The fourth-order valence-corrected chi connectivity index (χ4v) is 6.96. The van der Waals surface area contributed by atoms with Gasteiger partial charge in [-0.1, -0.05) is 18.5 Å². The molecular formula is C30H30ClN7O2S. The van der Waals surface area contributed by atoms with Crippen LogP contribution in [0.1, 0.15) is 59.5 Å². The molecule has 11 heteroatoms. The molecule has 9 nitrogen and oxygen atoms in total. The lowest BCUT2D eigenvalue weighted by Gasteiger charge is -2.31. The average molecular weight is 588 g/mol. The molecule has 3 aliphatic rings. The molecule has 1 N–H and O–H groups in total. The molecule has 1 aromatic carbocycles. The van der Waals surface area contributed by atoms with E-state index in [1.54, 1.807) is 22.8 Å². The number of rotatable bonds is 6. The van der Waals surface area contributed by atoms with Crippen LogP contribution in [-0.4, -0.2) is 49.3 Å². The van der Waals surface area contributed by atoms with E-state index in [4.69, 9.17) is 16.6 Å². The predicted octanol–water partition coefficient (Wildman–Crippen LogP) is 5.57. The standard InChI is InChI=1S/C30H30ClN7O2S/c1-18-6-10-36(11-7-18)25-5-4-19(15-33-25)20-13-21-22(23(31)14-20)16-38(29(21)40)27(28(39)35-30-32-8-12-41-30)26-24-3-2-9-37(24)17-34-26/h4-5,8,12-15,17-18,27H,2-3,6-7,9-11,16H2,1H3,(H,32,35,39). The van der Waals surface area contributed by atoms with Crippen molar-refractivity contribution in [1.29, 1.82) is 0 Å². The number of aryl methyl sites for hydroxylation is 1. The van der Waals surface area contributed by atoms with Crippen molar-refractivity contribution in [2.45, 2.75) is 51.7 Å². The first-order valence-corrected chi connectivity index (χ1v) is 15.3. The van der Waals surface area contributed by atoms with E-state index in [0.717, 1.165) is 66.6 Å². The van der Waals surface area contributed by atoms with Gasteiger partial charge in [0, 0.05) is 71.4 Å². The van der Waals surface area contributed by atoms with Crippen LogP contribution < -0.4 is 10.2 Å². The molecule has 0 saturated carbocycles. The smallest absolute Gasteiger partial charge is 0.255 e. The topological polar surface area (TPSA) is 96.3 Å². The summed E-state index contributed by atoms with van der Waals surface area (Å²) in [7, 11) is 0. The van der Waals surface area contributed by atoms with E-state index in [0.29, 0.717) is 21.4 Å². The fraction of sp³-hybridized carbons (Fsp3) is 0.367. The Labute approximate surface area is 247 Å². The highest BCUT2D eigenvalue weighted by atomic mass is 35.5. The van der Waals surface area contributed by atoms with E-state index in [-0.39, 0.29) is 18.4 Å². The predicted molar refractivity (Wildman–Crippen MR) is 159 cm³/mol. The SMILES string of the molecule is CC1CCN(c2ccc(-c3cc(Cl)c4c(c3)C(=O)N(C(C(=O)Nc3nccs3)c3ncn5c3CCC5)C4)cn2)CC1. The Morgan fingerprint density at radius 1 is 1.12 bits per heavy atom. The second kappa shape index (κ2) is 10.6. The van der Waals surface area contributed by atoms with Crippen LogP contribution in [0.3, 0.4) is 0 Å². The Hall–Kier alpha value is -3.76. The molecule has 1 atom stereocenters. The summed E-state index contributed by atoms with van der Waals surface area (Å²) in [5, 5.41) is 5.67. The van der Waals surface area contributed by atoms with Crippen molar-refractivity contribution in [1.82, 2.24) is 24.4 Å². The van der Waals surface area contributed by atoms with Gasteiger partial charge in [-0.2, -0.15) is 0 Å². The molecule has 7 rings (SSSR count). The minimum atomic E-state index is -0.902. The number of nitrogens with one attached hydrogen (secondary N) is 1. The molecule has 1 saturated heterocycles. The van der Waals surface area contributed by atoms with Gasteiger partial charge in [-0.25, -0.2) is 15.0 Å². The first kappa shape index (κ1) is 26.2. The maximum Gasteiger partial charge on any atom is 0.255 e. The highest BCUT2D eigenvalue weighted by molar-refractivity contribution is 7.13. The van der Waals surface area contributed by atoms with Gasteiger partial charge in [0.2, 0.25) is 0 Å². The average Bonchev–Trinajstić information content (AvgIpc) is 3.78. The van der Waals surface area contributed by atoms with E-state index in [2.05, 4.69) is 31.7 Å². The van der Waals surface area contributed by atoms with Crippen LogP contribution in [0.5, 0.6) is 0 Å². The summed E-state index contributed by atoms with van der Waals surface area (Å²) in [6.07, 6.45) is 9.40. The second-order valence-electron chi connectivity index (χ2n) is 11.1. The zero-order chi connectivity index (χ0) is 28.1. The number of nitrogens with zero attached hydrogens (tertiary/aromatic N) is 6.